The molecule has 2 amide bonds. The molecule has 1 aliphatic rings. The first kappa shape index (κ1) is 21.0. The summed E-state index contributed by atoms with van der Waals surface area (Å²) in [5.74, 6) is -1.60. The molecule has 0 saturated carbocycles. The SMILES string of the molecule is O=C(Nc1cccc(OC(F)(F)F)c1)[C@@H]1CS[C@@H](Cc2ccccc2F)C(=O)N1. The van der Waals surface area contributed by atoms with Crippen molar-refractivity contribution in [1.29, 1.82) is 0 Å². The molecule has 0 aromatic heterocycles. The lowest BCUT2D eigenvalue weighted by atomic mass is 10.1. The van der Waals surface area contributed by atoms with E-state index in [-0.39, 0.29) is 17.9 Å². The van der Waals surface area contributed by atoms with Gasteiger partial charge >= 0.3 is 6.36 Å². The average molecular weight is 428 g/mol. The van der Waals surface area contributed by atoms with Crippen LogP contribution in [0.1, 0.15) is 5.56 Å². The lowest BCUT2D eigenvalue weighted by Crippen LogP contribution is -2.52. The van der Waals surface area contributed by atoms with Crippen LogP contribution >= 0.6 is 11.8 Å². The molecule has 0 unspecified atom stereocenters. The molecule has 1 saturated heterocycles. The minimum Gasteiger partial charge on any atom is -0.406 e. The van der Waals surface area contributed by atoms with Gasteiger partial charge in [-0.1, -0.05) is 24.3 Å². The molecule has 0 aliphatic carbocycles. The summed E-state index contributed by atoms with van der Waals surface area (Å²) in [6.07, 6.45) is -4.65. The number of hydrogen-bond acceptors (Lipinski definition) is 4. The van der Waals surface area contributed by atoms with Gasteiger partial charge in [0.25, 0.3) is 0 Å². The fraction of sp³-hybridized carbons (Fsp3) is 0.263. The topological polar surface area (TPSA) is 67.4 Å². The van der Waals surface area contributed by atoms with E-state index in [4.69, 9.17) is 0 Å². The Morgan fingerprint density at radius 1 is 1.21 bits per heavy atom. The van der Waals surface area contributed by atoms with Crippen molar-refractivity contribution >= 4 is 29.3 Å². The summed E-state index contributed by atoms with van der Waals surface area (Å²) < 4.78 is 54.5. The van der Waals surface area contributed by atoms with E-state index in [9.17, 15) is 27.2 Å². The third-order valence-electron chi connectivity index (χ3n) is 4.09. The Morgan fingerprint density at radius 3 is 2.66 bits per heavy atom. The molecule has 0 radical (unpaired) electrons. The van der Waals surface area contributed by atoms with Gasteiger partial charge in [-0.2, -0.15) is 0 Å². The van der Waals surface area contributed by atoms with Crippen molar-refractivity contribution in [1.82, 2.24) is 5.32 Å². The van der Waals surface area contributed by atoms with Crippen LogP contribution in [0, 0.1) is 5.82 Å². The molecule has 1 fully saturated rings. The first-order valence-corrected chi connectivity index (χ1v) is 9.58. The van der Waals surface area contributed by atoms with Crippen LogP contribution in [0.3, 0.4) is 0 Å². The van der Waals surface area contributed by atoms with Crippen LogP contribution < -0.4 is 15.4 Å². The monoisotopic (exact) mass is 428 g/mol. The van der Waals surface area contributed by atoms with Crippen molar-refractivity contribution < 1.29 is 31.9 Å². The normalized spacial score (nSPS) is 19.4. The predicted molar refractivity (Wildman–Crippen MR) is 100 cm³/mol. The molecule has 3 rings (SSSR count). The Morgan fingerprint density at radius 2 is 1.97 bits per heavy atom. The summed E-state index contributed by atoms with van der Waals surface area (Å²) in [6, 6.07) is 10.1. The zero-order valence-electron chi connectivity index (χ0n) is 14.8. The molecule has 10 heteroatoms. The maximum atomic E-state index is 13.8. The van der Waals surface area contributed by atoms with Gasteiger partial charge in [0, 0.05) is 17.5 Å². The van der Waals surface area contributed by atoms with Crippen molar-refractivity contribution in [2.75, 3.05) is 11.1 Å². The Balaban J connectivity index is 1.58. The molecule has 2 aromatic carbocycles. The minimum atomic E-state index is -4.84. The third-order valence-corrected chi connectivity index (χ3v) is 5.40. The fourth-order valence-corrected chi connectivity index (χ4v) is 3.93. The summed E-state index contributed by atoms with van der Waals surface area (Å²) in [5.41, 5.74) is 0.508. The molecule has 0 spiro atoms. The highest BCUT2D eigenvalue weighted by molar-refractivity contribution is 8.00. The van der Waals surface area contributed by atoms with E-state index in [1.807, 2.05) is 0 Å². The maximum absolute atomic E-state index is 13.8. The third kappa shape index (κ3) is 5.86. The van der Waals surface area contributed by atoms with E-state index in [0.717, 1.165) is 12.1 Å². The van der Waals surface area contributed by atoms with Gasteiger partial charge in [0.1, 0.15) is 17.6 Å². The number of halogens is 4. The van der Waals surface area contributed by atoms with Crippen molar-refractivity contribution in [2.45, 2.75) is 24.1 Å². The molecule has 0 bridgehead atoms. The van der Waals surface area contributed by atoms with Crippen molar-refractivity contribution in [3.05, 3.63) is 59.9 Å². The number of amides is 2. The van der Waals surface area contributed by atoms with E-state index in [1.54, 1.807) is 18.2 Å². The molecule has 1 heterocycles. The van der Waals surface area contributed by atoms with E-state index in [2.05, 4.69) is 15.4 Å². The van der Waals surface area contributed by atoms with Crippen LogP contribution in [0.5, 0.6) is 5.75 Å². The van der Waals surface area contributed by atoms with Gasteiger partial charge in [0.15, 0.2) is 0 Å². The number of ether oxygens (including phenoxy) is 1. The van der Waals surface area contributed by atoms with E-state index < -0.39 is 41.0 Å². The van der Waals surface area contributed by atoms with E-state index in [1.165, 1.54) is 30.0 Å². The lowest BCUT2D eigenvalue weighted by Gasteiger charge is -2.28. The standard InChI is InChI=1S/C19H16F4N2O3S/c20-14-7-2-1-4-11(14)8-16-18(27)25-15(10-29-16)17(26)24-12-5-3-6-13(9-12)28-19(21,22)23/h1-7,9,15-16H,8,10H2,(H,24,26)(H,25,27)/t15-,16-/m0/s1. The van der Waals surface area contributed by atoms with Gasteiger partial charge in [-0.05, 0) is 30.2 Å². The van der Waals surface area contributed by atoms with E-state index >= 15 is 0 Å². The average Bonchev–Trinajstić information content (AvgIpc) is 2.64. The number of nitrogens with one attached hydrogen (secondary N) is 2. The highest BCUT2D eigenvalue weighted by atomic mass is 32.2. The van der Waals surface area contributed by atoms with Gasteiger partial charge in [-0.15, -0.1) is 24.9 Å². The van der Waals surface area contributed by atoms with Crippen molar-refractivity contribution in [3.8, 4) is 5.75 Å². The van der Waals surface area contributed by atoms with Crippen LogP contribution in [-0.4, -0.2) is 35.2 Å². The Bertz CT molecular complexity index is 907. The number of benzene rings is 2. The number of carbonyl (C=O) groups is 2. The zero-order chi connectivity index (χ0) is 21.0. The van der Waals surface area contributed by atoms with Crippen LogP contribution in [0.4, 0.5) is 23.2 Å². The van der Waals surface area contributed by atoms with Gasteiger partial charge in [-0.25, -0.2) is 4.39 Å². The lowest BCUT2D eigenvalue weighted by molar-refractivity contribution is -0.274. The Hall–Kier alpha value is -2.75. The quantitative estimate of drug-likeness (QED) is 0.716. The minimum absolute atomic E-state index is 0.101. The van der Waals surface area contributed by atoms with E-state index in [0.29, 0.717) is 5.56 Å². The largest absolute Gasteiger partial charge is 0.573 e. The van der Waals surface area contributed by atoms with Gasteiger partial charge in [-0.3, -0.25) is 9.59 Å². The van der Waals surface area contributed by atoms with Crippen LogP contribution in [0.2, 0.25) is 0 Å². The van der Waals surface area contributed by atoms with Gasteiger partial charge < -0.3 is 15.4 Å². The number of rotatable bonds is 5. The smallest absolute Gasteiger partial charge is 0.406 e. The molecule has 2 aromatic rings. The number of carbonyl (C=O) groups excluding carboxylic acids is 2. The number of thioether (sulfide) groups is 1. The molecule has 2 N–H and O–H groups in total. The first-order valence-electron chi connectivity index (χ1n) is 8.53. The summed E-state index contributed by atoms with van der Waals surface area (Å²) in [7, 11) is 0. The molecule has 29 heavy (non-hydrogen) atoms. The summed E-state index contributed by atoms with van der Waals surface area (Å²) in [4.78, 5) is 24.7. The molecule has 154 valence electrons. The maximum Gasteiger partial charge on any atom is 0.573 e. The molecule has 2 atom stereocenters. The second-order valence-electron chi connectivity index (χ2n) is 6.24. The highest BCUT2D eigenvalue weighted by Gasteiger charge is 2.33. The highest BCUT2D eigenvalue weighted by Crippen LogP contribution is 2.26. The van der Waals surface area contributed by atoms with Crippen LogP contribution in [0.15, 0.2) is 48.5 Å². The number of hydrogen-bond donors (Lipinski definition) is 2. The summed E-state index contributed by atoms with van der Waals surface area (Å²) in [5, 5.41) is 4.49. The molecular formula is C19H16F4N2O3S. The van der Waals surface area contributed by atoms with Crippen LogP contribution in [0.25, 0.3) is 0 Å². The van der Waals surface area contributed by atoms with Gasteiger partial charge in [0.2, 0.25) is 11.8 Å². The Labute approximate surface area is 167 Å². The second-order valence-corrected chi connectivity index (χ2v) is 7.48. The zero-order valence-corrected chi connectivity index (χ0v) is 15.6. The van der Waals surface area contributed by atoms with Crippen molar-refractivity contribution in [3.63, 3.8) is 0 Å². The summed E-state index contributed by atoms with van der Waals surface area (Å²) in [6.45, 7) is 0. The molecule has 5 nitrogen and oxygen atoms in total. The first-order chi connectivity index (χ1) is 13.7. The predicted octanol–water partition coefficient (Wildman–Crippen LogP) is 3.51. The van der Waals surface area contributed by atoms with Gasteiger partial charge in [0.05, 0.1) is 5.25 Å². The number of alkyl halides is 3. The fourth-order valence-electron chi connectivity index (χ4n) is 2.75. The second kappa shape index (κ2) is 8.73. The molecular weight excluding hydrogens is 412 g/mol. The van der Waals surface area contributed by atoms with Crippen LogP contribution in [-0.2, 0) is 16.0 Å². The summed E-state index contributed by atoms with van der Waals surface area (Å²) >= 11 is 1.22. The Kier molecular flexibility index (Phi) is 6.31. The molecule has 1 aliphatic heterocycles. The van der Waals surface area contributed by atoms with Crippen molar-refractivity contribution in [2.24, 2.45) is 0 Å². The number of anilines is 1.